The summed E-state index contributed by atoms with van der Waals surface area (Å²) in [5, 5.41) is 15.2. The monoisotopic (exact) mass is 836 g/mol. The van der Waals surface area contributed by atoms with Gasteiger partial charge in [-0.25, -0.2) is 14.6 Å². The Kier molecular flexibility index (Phi) is 11.9. The van der Waals surface area contributed by atoms with Crippen LogP contribution in [0.5, 0.6) is 22.4 Å². The number of hydrogen-bond acceptors (Lipinski definition) is 10. The number of aromatic nitrogens is 1. The largest absolute Gasteiger partial charge is 0.493 e. The quantitative estimate of drug-likeness (QED) is 0.173. The average Bonchev–Trinajstić information content (AvgIpc) is 3.68. The van der Waals surface area contributed by atoms with E-state index in [4.69, 9.17) is 58.5 Å². The number of halogens is 3. The van der Waals surface area contributed by atoms with Gasteiger partial charge in [-0.15, -0.1) is 0 Å². The molecule has 2 fully saturated rings. The van der Waals surface area contributed by atoms with Gasteiger partial charge in [-0.05, 0) is 88.3 Å². The number of aryl methyl sites for hydroxylation is 1. The van der Waals surface area contributed by atoms with Crippen molar-refractivity contribution in [2.75, 3.05) is 40.5 Å². The van der Waals surface area contributed by atoms with Crippen LogP contribution in [0.3, 0.4) is 0 Å². The highest BCUT2D eigenvalue weighted by atomic mass is 35.5. The summed E-state index contributed by atoms with van der Waals surface area (Å²) in [7, 11) is 3.03. The third kappa shape index (κ3) is 8.98. The molecule has 1 unspecified atom stereocenters. The lowest BCUT2D eigenvalue weighted by atomic mass is 9.84. The molecule has 1 aromatic heterocycles. The van der Waals surface area contributed by atoms with Gasteiger partial charge in [0.25, 0.3) is 5.19 Å². The van der Waals surface area contributed by atoms with Gasteiger partial charge in [0.2, 0.25) is 5.91 Å². The minimum absolute atomic E-state index is 0.0812. The van der Waals surface area contributed by atoms with E-state index < -0.39 is 41.3 Å². The summed E-state index contributed by atoms with van der Waals surface area (Å²) >= 11 is 20.6. The lowest BCUT2D eigenvalue weighted by Gasteiger charge is -2.49. The van der Waals surface area contributed by atoms with Crippen molar-refractivity contribution in [1.82, 2.24) is 20.1 Å². The standard InChI is InChI=1S/C38H43Cl3N4O9S/c1-20-13-24(39)31(25(40)14-20)52-11-12-53-34-42-17-28(55-34)23-15-22-18-44(36(49)54-37(2,3)4)19-26(45(22)35(47)48)29(23)33(46)43-38(9-10-38)16-21-7-8-27(50-5)32(51-6)30(21)41/h7-8,13-14,17,22,26H,9-12,15-16,18-19H2,1-6H3,(H,43,46)(H,47,48)/t22?,26-/m1/s1. The maximum atomic E-state index is 14.7. The third-order valence-electron chi connectivity index (χ3n) is 9.57. The maximum Gasteiger partial charge on any atom is 0.410 e. The van der Waals surface area contributed by atoms with Gasteiger partial charge in [0.15, 0.2) is 17.2 Å². The van der Waals surface area contributed by atoms with Crippen molar-refractivity contribution >= 4 is 69.8 Å². The molecule has 1 saturated heterocycles. The van der Waals surface area contributed by atoms with Crippen LogP contribution in [-0.4, -0.2) is 102 Å². The second kappa shape index (κ2) is 16.2. The molecule has 3 heterocycles. The van der Waals surface area contributed by atoms with E-state index in [1.165, 1.54) is 35.4 Å². The summed E-state index contributed by atoms with van der Waals surface area (Å²) in [5.41, 5.74) is 1.12. The van der Waals surface area contributed by atoms with Crippen LogP contribution in [0, 0.1) is 6.92 Å². The number of ether oxygens (including phenoxy) is 5. The fraction of sp³-hybridized carbons (Fsp3) is 0.474. The zero-order chi connectivity index (χ0) is 39.8. The zero-order valence-corrected chi connectivity index (χ0v) is 34.4. The summed E-state index contributed by atoms with van der Waals surface area (Å²) in [6.07, 6.45) is 1.74. The molecule has 13 nitrogen and oxygen atoms in total. The molecule has 17 heteroatoms. The third-order valence-corrected chi connectivity index (χ3v) is 11.5. The van der Waals surface area contributed by atoms with Crippen LogP contribution in [0.1, 0.15) is 56.0 Å². The second-order valence-corrected chi connectivity index (χ2v) is 17.0. The summed E-state index contributed by atoms with van der Waals surface area (Å²) in [5.74, 6) is 0.794. The Bertz CT molecular complexity index is 1990. The lowest BCUT2D eigenvalue weighted by Crippen LogP contribution is -2.65. The van der Waals surface area contributed by atoms with E-state index in [0.29, 0.717) is 67.2 Å². The summed E-state index contributed by atoms with van der Waals surface area (Å²) in [4.78, 5) is 48.7. The van der Waals surface area contributed by atoms with Gasteiger partial charge in [0, 0.05) is 30.4 Å². The molecule has 0 radical (unpaired) electrons. The van der Waals surface area contributed by atoms with Crippen LogP contribution >= 0.6 is 46.1 Å². The number of thiazole rings is 1. The van der Waals surface area contributed by atoms with E-state index in [0.717, 1.165) is 11.1 Å². The van der Waals surface area contributed by atoms with E-state index in [9.17, 15) is 19.5 Å². The highest BCUT2D eigenvalue weighted by Crippen LogP contribution is 2.46. The SMILES string of the molecule is COc1ccc(CC2(NC(=O)C3=C(c4cnc(OCCOc5c(Cl)cc(C)cc5Cl)s4)CC4CN(C(=O)OC(C)(C)C)C[C@H]3N4C(=O)O)CC2)c(Cl)c1OC. The van der Waals surface area contributed by atoms with Crippen LogP contribution in [0.2, 0.25) is 15.1 Å². The molecule has 2 atom stereocenters. The Hall–Kier alpha value is -4.11. The van der Waals surface area contributed by atoms with Crippen LogP contribution in [-0.2, 0) is 16.0 Å². The number of nitrogens with one attached hydrogen (secondary N) is 1. The molecule has 3 aromatic rings. The Balaban J connectivity index is 1.29. The lowest BCUT2D eigenvalue weighted by molar-refractivity contribution is -0.119. The molecule has 1 saturated carbocycles. The number of carbonyl (C=O) groups is 3. The van der Waals surface area contributed by atoms with Gasteiger partial charge in [-0.3, -0.25) is 9.69 Å². The summed E-state index contributed by atoms with van der Waals surface area (Å²) in [6.45, 7) is 7.44. The van der Waals surface area contributed by atoms with E-state index in [1.54, 1.807) is 45.2 Å². The van der Waals surface area contributed by atoms with Crippen LogP contribution in [0.4, 0.5) is 9.59 Å². The van der Waals surface area contributed by atoms with Crippen LogP contribution < -0.4 is 24.3 Å². The predicted molar refractivity (Wildman–Crippen MR) is 209 cm³/mol. The van der Waals surface area contributed by atoms with Gasteiger partial charge >= 0.3 is 12.2 Å². The minimum atomic E-state index is -1.19. The predicted octanol–water partition coefficient (Wildman–Crippen LogP) is 7.90. The van der Waals surface area contributed by atoms with Gasteiger partial charge in [-0.1, -0.05) is 52.2 Å². The van der Waals surface area contributed by atoms with E-state index in [1.807, 2.05) is 13.0 Å². The van der Waals surface area contributed by atoms with E-state index in [-0.39, 0.29) is 38.3 Å². The van der Waals surface area contributed by atoms with Gasteiger partial charge in [-0.2, -0.15) is 0 Å². The van der Waals surface area contributed by atoms with Crippen molar-refractivity contribution < 1.29 is 43.2 Å². The van der Waals surface area contributed by atoms with Crippen molar-refractivity contribution in [2.24, 2.45) is 0 Å². The van der Waals surface area contributed by atoms with E-state index in [2.05, 4.69) is 10.3 Å². The Morgan fingerprint density at radius 1 is 1.02 bits per heavy atom. The first-order valence-electron chi connectivity index (χ1n) is 17.6. The first-order chi connectivity index (χ1) is 26.0. The number of piperazine rings is 1. The summed E-state index contributed by atoms with van der Waals surface area (Å²) < 4.78 is 28.3. The van der Waals surface area contributed by atoms with Crippen LogP contribution in [0.15, 0.2) is 36.0 Å². The van der Waals surface area contributed by atoms with Crippen molar-refractivity contribution in [3.05, 3.63) is 67.1 Å². The topological polar surface area (TPSA) is 149 Å². The number of fused-ring (bicyclic) bond motifs is 2. The summed E-state index contributed by atoms with van der Waals surface area (Å²) in [6, 6.07) is 5.47. The number of amides is 3. The number of nitrogens with zero attached hydrogens (tertiary/aromatic N) is 3. The average molecular weight is 838 g/mol. The number of carbonyl (C=O) groups excluding carboxylic acids is 2. The molecule has 2 aromatic carbocycles. The first kappa shape index (κ1) is 40.6. The Morgan fingerprint density at radius 3 is 2.33 bits per heavy atom. The fourth-order valence-electron chi connectivity index (χ4n) is 6.99. The number of rotatable bonds is 12. The molecule has 3 aliphatic rings. The molecule has 1 aliphatic carbocycles. The van der Waals surface area contributed by atoms with Crippen molar-refractivity contribution in [1.29, 1.82) is 0 Å². The molecule has 2 aliphatic heterocycles. The molecule has 296 valence electrons. The molecule has 6 rings (SSSR count). The maximum absolute atomic E-state index is 14.7. The van der Waals surface area contributed by atoms with Gasteiger partial charge in [0.1, 0.15) is 18.8 Å². The molecular weight excluding hydrogens is 795 g/mol. The highest BCUT2D eigenvalue weighted by Gasteiger charge is 2.51. The second-order valence-electron chi connectivity index (χ2n) is 14.8. The van der Waals surface area contributed by atoms with E-state index >= 15 is 0 Å². The fourth-order valence-corrected chi connectivity index (χ4v) is 8.86. The number of hydrogen-bond donors (Lipinski definition) is 2. The Morgan fingerprint density at radius 2 is 1.71 bits per heavy atom. The van der Waals surface area contributed by atoms with Gasteiger partial charge in [0.05, 0.1) is 46.2 Å². The van der Waals surface area contributed by atoms with Crippen molar-refractivity contribution in [2.45, 2.75) is 76.6 Å². The minimum Gasteiger partial charge on any atom is -0.493 e. The molecule has 55 heavy (non-hydrogen) atoms. The molecule has 2 N–H and O–H groups in total. The first-order valence-corrected chi connectivity index (χ1v) is 19.6. The van der Waals surface area contributed by atoms with Crippen molar-refractivity contribution in [3.8, 4) is 22.4 Å². The number of carboxylic acid groups (broad SMARTS) is 1. The highest BCUT2D eigenvalue weighted by molar-refractivity contribution is 7.14. The zero-order valence-electron chi connectivity index (χ0n) is 31.3. The molecule has 3 amide bonds. The van der Waals surface area contributed by atoms with Gasteiger partial charge < -0.3 is 39.0 Å². The molecule has 0 spiro atoms. The molecule has 2 bridgehead atoms. The number of benzene rings is 2. The molecular formula is C38H43Cl3N4O9S. The van der Waals surface area contributed by atoms with Crippen LogP contribution in [0.25, 0.3) is 5.57 Å². The van der Waals surface area contributed by atoms with Crippen molar-refractivity contribution in [3.63, 3.8) is 0 Å². The normalized spacial score (nSPS) is 18.8. The smallest absolute Gasteiger partial charge is 0.410 e. The Labute approximate surface area is 338 Å². The number of methoxy groups -OCH3 is 2.